The number of hydrogen-bond donors (Lipinski definition) is 2. The number of carbonyl (C=O) groups is 2. The van der Waals surface area contributed by atoms with Gasteiger partial charge >= 0.3 is 0 Å². The molecule has 2 amide bonds. The summed E-state index contributed by atoms with van der Waals surface area (Å²) in [6.07, 6.45) is 1.12. The molecule has 0 radical (unpaired) electrons. The van der Waals surface area contributed by atoms with Gasteiger partial charge in [0.15, 0.2) is 0 Å². The summed E-state index contributed by atoms with van der Waals surface area (Å²) in [6.45, 7) is 2.06. The fourth-order valence-corrected chi connectivity index (χ4v) is 2.11. The van der Waals surface area contributed by atoms with Gasteiger partial charge in [-0.15, -0.1) is 11.3 Å². The van der Waals surface area contributed by atoms with E-state index >= 15 is 0 Å². The van der Waals surface area contributed by atoms with E-state index < -0.39 is 12.0 Å². The first-order valence-corrected chi connectivity index (χ1v) is 6.09. The molecule has 1 aromatic rings. The van der Waals surface area contributed by atoms with E-state index in [1.165, 1.54) is 17.5 Å². The number of oxime groups is 1. The van der Waals surface area contributed by atoms with Crippen molar-refractivity contribution in [2.45, 2.75) is 19.4 Å². The molecular weight excluding hydrogens is 256 g/mol. The van der Waals surface area contributed by atoms with Crippen LogP contribution in [0, 0.1) is 6.92 Å². The molecule has 0 saturated heterocycles. The summed E-state index contributed by atoms with van der Waals surface area (Å²) < 4.78 is 0. The molecule has 0 bridgehead atoms. The lowest BCUT2D eigenvalue weighted by Gasteiger charge is -2.02. The van der Waals surface area contributed by atoms with Gasteiger partial charge in [0.1, 0.15) is 4.88 Å². The summed E-state index contributed by atoms with van der Waals surface area (Å²) in [6, 6.07) is 0. The lowest BCUT2D eigenvalue weighted by Crippen LogP contribution is -2.32. The van der Waals surface area contributed by atoms with Crippen molar-refractivity contribution in [1.82, 2.24) is 10.3 Å². The molecule has 1 aliphatic heterocycles. The third-order valence-corrected chi connectivity index (χ3v) is 3.26. The van der Waals surface area contributed by atoms with Gasteiger partial charge in [0, 0.05) is 6.42 Å². The number of nitrogens with two attached hydrogens (primary N) is 1. The van der Waals surface area contributed by atoms with E-state index in [2.05, 4.69) is 15.5 Å². The van der Waals surface area contributed by atoms with Crippen molar-refractivity contribution < 1.29 is 14.4 Å². The summed E-state index contributed by atoms with van der Waals surface area (Å²) in [7, 11) is 0. The van der Waals surface area contributed by atoms with Crippen molar-refractivity contribution >= 4 is 28.9 Å². The van der Waals surface area contributed by atoms with Crippen LogP contribution in [0.15, 0.2) is 11.4 Å². The summed E-state index contributed by atoms with van der Waals surface area (Å²) >= 11 is 1.32. The Morgan fingerprint density at radius 2 is 2.44 bits per heavy atom. The van der Waals surface area contributed by atoms with Gasteiger partial charge in [-0.05, 0) is 6.92 Å². The lowest BCUT2D eigenvalue weighted by molar-refractivity contribution is -0.127. The summed E-state index contributed by atoms with van der Waals surface area (Å²) in [4.78, 5) is 31.9. The van der Waals surface area contributed by atoms with Crippen molar-refractivity contribution in [2.75, 3.05) is 6.54 Å². The zero-order chi connectivity index (χ0) is 13.1. The van der Waals surface area contributed by atoms with E-state index in [0.717, 1.165) is 5.01 Å². The number of aryl methyl sites for hydroxylation is 1. The van der Waals surface area contributed by atoms with Gasteiger partial charge < -0.3 is 15.9 Å². The molecule has 3 N–H and O–H groups in total. The number of nitrogens with zero attached hydrogens (tertiary/aromatic N) is 2. The number of nitrogens with one attached hydrogen (secondary N) is 1. The van der Waals surface area contributed by atoms with Gasteiger partial charge in [0.25, 0.3) is 11.8 Å². The first kappa shape index (κ1) is 12.5. The number of amides is 2. The monoisotopic (exact) mass is 268 g/mol. The number of thiazole rings is 1. The average Bonchev–Trinajstić information content (AvgIpc) is 2.94. The van der Waals surface area contributed by atoms with E-state index in [0.29, 0.717) is 17.0 Å². The predicted octanol–water partition coefficient (Wildman–Crippen LogP) is -0.188. The van der Waals surface area contributed by atoms with Crippen molar-refractivity contribution in [2.24, 2.45) is 10.9 Å². The molecule has 18 heavy (non-hydrogen) atoms. The molecule has 0 aliphatic carbocycles. The topological polar surface area (TPSA) is 107 Å². The quantitative estimate of drug-likeness (QED) is 0.789. The molecule has 96 valence electrons. The summed E-state index contributed by atoms with van der Waals surface area (Å²) in [5.74, 6) is -0.774. The number of rotatable bonds is 4. The van der Waals surface area contributed by atoms with Crippen LogP contribution >= 0.6 is 11.3 Å². The molecule has 1 unspecified atom stereocenters. The fourth-order valence-electron chi connectivity index (χ4n) is 1.42. The van der Waals surface area contributed by atoms with Crippen molar-refractivity contribution in [3.8, 4) is 0 Å². The number of carbonyl (C=O) groups excluding carboxylic acids is 2. The van der Waals surface area contributed by atoms with Gasteiger partial charge in [-0.2, -0.15) is 0 Å². The maximum absolute atomic E-state index is 11.7. The smallest absolute Gasteiger partial charge is 0.263 e. The van der Waals surface area contributed by atoms with Crippen LogP contribution in [-0.2, 0) is 9.63 Å². The van der Waals surface area contributed by atoms with Crippen LogP contribution in [0.3, 0.4) is 0 Å². The van der Waals surface area contributed by atoms with Gasteiger partial charge in [-0.1, -0.05) is 5.16 Å². The molecule has 0 spiro atoms. The minimum absolute atomic E-state index is 0.217. The minimum Gasteiger partial charge on any atom is -0.382 e. The zero-order valence-electron chi connectivity index (χ0n) is 9.67. The summed E-state index contributed by atoms with van der Waals surface area (Å²) in [5.41, 5.74) is 5.67. The second kappa shape index (κ2) is 5.13. The highest BCUT2D eigenvalue weighted by molar-refractivity contribution is 7.13. The van der Waals surface area contributed by atoms with Crippen molar-refractivity contribution in [1.29, 1.82) is 0 Å². The molecular formula is C10H12N4O3S. The minimum atomic E-state index is -0.720. The average molecular weight is 268 g/mol. The Labute approximate surface area is 107 Å². The van der Waals surface area contributed by atoms with Gasteiger partial charge in [0.2, 0.25) is 6.10 Å². The molecule has 7 nitrogen and oxygen atoms in total. The van der Waals surface area contributed by atoms with E-state index in [-0.39, 0.29) is 12.5 Å². The van der Waals surface area contributed by atoms with E-state index in [1.54, 1.807) is 0 Å². The fraction of sp³-hybridized carbons (Fsp3) is 0.400. The third-order valence-electron chi connectivity index (χ3n) is 2.35. The van der Waals surface area contributed by atoms with Crippen molar-refractivity contribution in [3.63, 3.8) is 0 Å². The molecule has 2 rings (SSSR count). The van der Waals surface area contributed by atoms with E-state index in [4.69, 9.17) is 10.6 Å². The van der Waals surface area contributed by atoms with E-state index in [1.807, 2.05) is 6.92 Å². The highest BCUT2D eigenvalue weighted by Crippen LogP contribution is 2.12. The van der Waals surface area contributed by atoms with Crippen LogP contribution in [-0.4, -0.2) is 35.2 Å². The Balaban J connectivity index is 1.83. The SMILES string of the molecule is Cc1ncc(C(=O)NCC2=NOC(C(N)=O)C2)s1. The number of aromatic nitrogens is 1. The maximum atomic E-state index is 11.7. The first-order chi connectivity index (χ1) is 8.56. The Bertz CT molecular complexity index is 511. The van der Waals surface area contributed by atoms with Gasteiger partial charge in [-0.25, -0.2) is 4.98 Å². The molecule has 0 saturated carbocycles. The van der Waals surface area contributed by atoms with Gasteiger partial charge in [0.05, 0.1) is 23.5 Å². The standard InChI is InChI=1S/C10H12N4O3S/c1-5-12-4-8(18-5)10(16)13-3-6-2-7(9(11)15)17-14-6/h4,7H,2-3H2,1H3,(H2,11,15)(H,13,16). The second-order valence-corrected chi connectivity index (χ2v) is 5.02. The van der Waals surface area contributed by atoms with Crippen LogP contribution in [0.5, 0.6) is 0 Å². The summed E-state index contributed by atoms with van der Waals surface area (Å²) in [5, 5.41) is 7.21. The Hall–Kier alpha value is -1.96. The van der Waals surface area contributed by atoms with Crippen LogP contribution < -0.4 is 11.1 Å². The molecule has 0 aromatic carbocycles. The van der Waals surface area contributed by atoms with Crippen LogP contribution in [0.2, 0.25) is 0 Å². The Morgan fingerprint density at radius 3 is 3.00 bits per heavy atom. The molecule has 2 heterocycles. The predicted molar refractivity (Wildman–Crippen MR) is 65.3 cm³/mol. The maximum Gasteiger partial charge on any atom is 0.263 e. The van der Waals surface area contributed by atoms with Gasteiger partial charge in [-0.3, -0.25) is 9.59 Å². The number of hydrogen-bond acceptors (Lipinski definition) is 6. The Kier molecular flexibility index (Phi) is 3.56. The lowest BCUT2D eigenvalue weighted by atomic mass is 10.2. The first-order valence-electron chi connectivity index (χ1n) is 5.28. The number of primary amides is 1. The van der Waals surface area contributed by atoms with Crippen LogP contribution in [0.1, 0.15) is 21.1 Å². The largest absolute Gasteiger partial charge is 0.382 e. The van der Waals surface area contributed by atoms with Crippen molar-refractivity contribution in [3.05, 3.63) is 16.1 Å². The molecule has 8 heteroatoms. The molecule has 1 aliphatic rings. The van der Waals surface area contributed by atoms with Crippen LogP contribution in [0.25, 0.3) is 0 Å². The highest BCUT2D eigenvalue weighted by Gasteiger charge is 2.26. The normalized spacial score (nSPS) is 18.1. The third kappa shape index (κ3) is 2.83. The molecule has 1 aromatic heterocycles. The molecule has 1 atom stereocenters. The second-order valence-electron chi connectivity index (χ2n) is 3.78. The highest BCUT2D eigenvalue weighted by atomic mass is 32.1. The zero-order valence-corrected chi connectivity index (χ0v) is 10.5. The van der Waals surface area contributed by atoms with E-state index in [9.17, 15) is 9.59 Å². The molecule has 0 fully saturated rings. The van der Waals surface area contributed by atoms with Crippen LogP contribution in [0.4, 0.5) is 0 Å². The Morgan fingerprint density at radius 1 is 1.67 bits per heavy atom.